The van der Waals surface area contributed by atoms with E-state index in [1.54, 1.807) is 0 Å². The first-order valence-corrected chi connectivity index (χ1v) is 7.86. The molecule has 0 aliphatic heterocycles. The Morgan fingerprint density at radius 1 is 0.850 bits per heavy atom. The molecular formula is C19H21Cl. The van der Waals surface area contributed by atoms with Crippen LogP contribution < -0.4 is 0 Å². The Morgan fingerprint density at radius 2 is 1.40 bits per heavy atom. The molecule has 2 aromatic carbocycles. The van der Waals surface area contributed by atoms with Gasteiger partial charge in [0, 0.05) is 5.41 Å². The average molecular weight is 285 g/mol. The smallest absolute Gasteiger partial charge is 0.0681 e. The summed E-state index contributed by atoms with van der Waals surface area (Å²) in [5.74, 6) is 0.571. The lowest BCUT2D eigenvalue weighted by Crippen LogP contribution is -2.14. The molecule has 0 bridgehead atoms. The third kappa shape index (κ3) is 2.38. The fourth-order valence-corrected chi connectivity index (χ4v) is 3.45. The Morgan fingerprint density at radius 3 is 1.90 bits per heavy atom. The molecule has 0 aromatic heterocycles. The zero-order valence-electron chi connectivity index (χ0n) is 12.1. The van der Waals surface area contributed by atoms with Gasteiger partial charge in [0.15, 0.2) is 0 Å². The predicted octanol–water partition coefficient (Wildman–Crippen LogP) is 5.82. The van der Waals surface area contributed by atoms with Crippen LogP contribution in [0.5, 0.6) is 0 Å². The summed E-state index contributed by atoms with van der Waals surface area (Å²) in [6.45, 7) is 4.44. The van der Waals surface area contributed by atoms with Crippen molar-refractivity contribution in [2.75, 3.05) is 0 Å². The average Bonchev–Trinajstić information content (AvgIpc) is 3.29. The molecule has 1 fully saturated rings. The van der Waals surface area contributed by atoms with Gasteiger partial charge in [-0.2, -0.15) is 0 Å². The molecule has 0 radical (unpaired) electrons. The third-order valence-corrected chi connectivity index (χ3v) is 5.19. The number of benzene rings is 2. The summed E-state index contributed by atoms with van der Waals surface area (Å²) < 4.78 is 0. The van der Waals surface area contributed by atoms with Gasteiger partial charge < -0.3 is 0 Å². The Balaban J connectivity index is 1.87. The van der Waals surface area contributed by atoms with Crippen LogP contribution in [0.1, 0.15) is 54.7 Å². The minimum atomic E-state index is 0.0751. The summed E-state index contributed by atoms with van der Waals surface area (Å²) >= 11 is 6.83. The zero-order valence-corrected chi connectivity index (χ0v) is 12.9. The second-order valence-corrected chi connectivity index (χ2v) is 6.64. The van der Waals surface area contributed by atoms with E-state index in [0.29, 0.717) is 5.92 Å². The van der Waals surface area contributed by atoms with Crippen LogP contribution in [-0.4, -0.2) is 0 Å². The monoisotopic (exact) mass is 284 g/mol. The Bertz CT molecular complexity index is 564. The predicted molar refractivity (Wildman–Crippen MR) is 86.5 cm³/mol. The van der Waals surface area contributed by atoms with Gasteiger partial charge in [-0.3, -0.25) is 0 Å². The SMILES string of the molecule is CC(C)c1ccc(C(Cl)C2(c3ccccc3)CC2)cc1. The van der Waals surface area contributed by atoms with Crippen LogP contribution in [0.2, 0.25) is 0 Å². The molecule has 1 aliphatic rings. The molecule has 1 unspecified atom stereocenters. The Labute approximate surface area is 126 Å². The zero-order chi connectivity index (χ0) is 14.2. The summed E-state index contributed by atoms with van der Waals surface area (Å²) in [6.07, 6.45) is 2.38. The number of hydrogen-bond acceptors (Lipinski definition) is 0. The van der Waals surface area contributed by atoms with Crippen molar-refractivity contribution in [3.8, 4) is 0 Å². The fourth-order valence-electron chi connectivity index (χ4n) is 2.96. The molecule has 1 atom stereocenters. The molecule has 2 aromatic rings. The second kappa shape index (κ2) is 5.26. The minimum Gasteiger partial charge on any atom is -0.117 e. The molecule has 0 heterocycles. The van der Waals surface area contributed by atoms with E-state index in [-0.39, 0.29) is 10.8 Å². The quantitative estimate of drug-likeness (QED) is 0.620. The minimum absolute atomic E-state index is 0.0751. The van der Waals surface area contributed by atoms with Crippen LogP contribution in [0.3, 0.4) is 0 Å². The molecule has 0 amide bonds. The van der Waals surface area contributed by atoms with E-state index >= 15 is 0 Å². The highest BCUT2D eigenvalue weighted by Gasteiger charge is 2.50. The fraction of sp³-hybridized carbons (Fsp3) is 0.368. The van der Waals surface area contributed by atoms with E-state index in [4.69, 9.17) is 11.6 Å². The lowest BCUT2D eigenvalue weighted by Gasteiger charge is -2.23. The molecule has 3 rings (SSSR count). The molecular weight excluding hydrogens is 264 g/mol. The van der Waals surface area contributed by atoms with E-state index in [9.17, 15) is 0 Å². The van der Waals surface area contributed by atoms with Crippen molar-refractivity contribution in [1.29, 1.82) is 0 Å². The van der Waals surface area contributed by atoms with Gasteiger partial charge in [-0.05, 0) is 35.4 Å². The van der Waals surface area contributed by atoms with Crippen molar-refractivity contribution in [3.63, 3.8) is 0 Å². The second-order valence-electron chi connectivity index (χ2n) is 6.21. The lowest BCUT2D eigenvalue weighted by molar-refractivity contribution is 0.662. The van der Waals surface area contributed by atoms with Crippen molar-refractivity contribution in [1.82, 2.24) is 0 Å². The van der Waals surface area contributed by atoms with Crippen LogP contribution in [0, 0.1) is 0 Å². The van der Waals surface area contributed by atoms with Crippen molar-refractivity contribution >= 4 is 11.6 Å². The highest BCUT2D eigenvalue weighted by Crippen LogP contribution is 2.59. The van der Waals surface area contributed by atoms with E-state index in [1.165, 1.54) is 29.5 Å². The first-order valence-electron chi connectivity index (χ1n) is 7.43. The normalized spacial score (nSPS) is 18.0. The van der Waals surface area contributed by atoms with E-state index in [2.05, 4.69) is 68.4 Å². The lowest BCUT2D eigenvalue weighted by atomic mass is 9.87. The summed E-state index contributed by atoms with van der Waals surface area (Å²) in [6, 6.07) is 19.6. The van der Waals surface area contributed by atoms with Crippen molar-refractivity contribution in [2.24, 2.45) is 0 Å². The summed E-state index contributed by atoms with van der Waals surface area (Å²) in [4.78, 5) is 0. The van der Waals surface area contributed by atoms with Gasteiger partial charge in [0.2, 0.25) is 0 Å². The molecule has 104 valence electrons. The number of halogens is 1. The van der Waals surface area contributed by atoms with Crippen molar-refractivity contribution < 1.29 is 0 Å². The number of alkyl halides is 1. The van der Waals surface area contributed by atoms with Gasteiger partial charge >= 0.3 is 0 Å². The van der Waals surface area contributed by atoms with E-state index in [1.807, 2.05) is 0 Å². The van der Waals surface area contributed by atoms with Gasteiger partial charge in [0.05, 0.1) is 5.38 Å². The highest BCUT2D eigenvalue weighted by molar-refractivity contribution is 6.22. The van der Waals surface area contributed by atoms with Gasteiger partial charge in [0.25, 0.3) is 0 Å². The highest BCUT2D eigenvalue weighted by atomic mass is 35.5. The molecule has 20 heavy (non-hydrogen) atoms. The first kappa shape index (κ1) is 13.7. The van der Waals surface area contributed by atoms with E-state index < -0.39 is 0 Å². The van der Waals surface area contributed by atoms with Gasteiger partial charge in [0.1, 0.15) is 0 Å². The van der Waals surface area contributed by atoms with Crippen LogP contribution in [0.4, 0.5) is 0 Å². The Hall–Kier alpha value is -1.27. The largest absolute Gasteiger partial charge is 0.117 e. The van der Waals surface area contributed by atoms with Gasteiger partial charge in [-0.1, -0.05) is 68.4 Å². The molecule has 0 nitrogen and oxygen atoms in total. The first-order chi connectivity index (χ1) is 9.63. The molecule has 1 saturated carbocycles. The Kier molecular flexibility index (Phi) is 3.60. The number of rotatable bonds is 4. The summed E-state index contributed by atoms with van der Waals surface area (Å²) in [7, 11) is 0. The van der Waals surface area contributed by atoms with Crippen molar-refractivity contribution in [2.45, 2.75) is 43.4 Å². The van der Waals surface area contributed by atoms with Crippen LogP contribution in [0.25, 0.3) is 0 Å². The van der Waals surface area contributed by atoms with Crippen LogP contribution in [-0.2, 0) is 5.41 Å². The van der Waals surface area contributed by atoms with Gasteiger partial charge in [-0.15, -0.1) is 11.6 Å². The number of hydrogen-bond donors (Lipinski definition) is 0. The molecule has 0 spiro atoms. The maximum atomic E-state index is 6.83. The molecule has 0 saturated heterocycles. The van der Waals surface area contributed by atoms with Crippen LogP contribution in [0.15, 0.2) is 54.6 Å². The standard InChI is InChI=1S/C19H21Cl/c1-14(2)15-8-10-16(11-9-15)18(20)19(12-13-19)17-6-4-3-5-7-17/h3-11,14,18H,12-13H2,1-2H3. The molecule has 0 N–H and O–H groups in total. The maximum absolute atomic E-state index is 6.83. The topological polar surface area (TPSA) is 0 Å². The summed E-state index contributed by atoms with van der Waals surface area (Å²) in [5, 5.41) is 0.0751. The molecule has 1 aliphatic carbocycles. The van der Waals surface area contributed by atoms with E-state index in [0.717, 1.165) is 0 Å². The maximum Gasteiger partial charge on any atom is 0.0681 e. The van der Waals surface area contributed by atoms with Gasteiger partial charge in [-0.25, -0.2) is 0 Å². The molecule has 1 heteroatoms. The van der Waals surface area contributed by atoms with Crippen LogP contribution >= 0.6 is 11.6 Å². The summed E-state index contributed by atoms with van der Waals surface area (Å²) in [5.41, 5.74) is 4.16. The van der Waals surface area contributed by atoms with Crippen molar-refractivity contribution in [3.05, 3.63) is 71.3 Å². The third-order valence-electron chi connectivity index (χ3n) is 4.52.